The molecule has 0 aliphatic heterocycles. The Bertz CT molecular complexity index is 539. The van der Waals surface area contributed by atoms with Gasteiger partial charge in [0.1, 0.15) is 23.7 Å². The van der Waals surface area contributed by atoms with Crippen molar-refractivity contribution >= 4 is 0 Å². The fraction of sp³-hybridized carbons (Fsp3) is 0.385. The van der Waals surface area contributed by atoms with Crippen LogP contribution in [0.2, 0.25) is 0 Å². The first-order chi connectivity index (χ1) is 9.24. The summed E-state index contributed by atoms with van der Waals surface area (Å²) in [5.74, 6) is 2.49. The lowest BCUT2D eigenvalue weighted by molar-refractivity contribution is 0.389. The number of hydrogen-bond acceptors (Lipinski definition) is 5. The highest BCUT2D eigenvalue weighted by atomic mass is 16.5. The molecule has 0 saturated heterocycles. The molecule has 0 aliphatic carbocycles. The number of nitrogens with one attached hydrogen (secondary N) is 1. The Kier molecular flexibility index (Phi) is 4.35. The number of methoxy groups -OCH3 is 2. The second kappa shape index (κ2) is 6.19. The van der Waals surface area contributed by atoms with Crippen molar-refractivity contribution in [3.63, 3.8) is 0 Å². The van der Waals surface area contributed by atoms with Crippen LogP contribution in [0.1, 0.15) is 11.4 Å². The summed E-state index contributed by atoms with van der Waals surface area (Å²) >= 11 is 0. The van der Waals surface area contributed by atoms with Crippen LogP contribution in [0.3, 0.4) is 0 Å². The lowest BCUT2D eigenvalue weighted by Gasteiger charge is -2.11. The molecule has 6 nitrogen and oxygen atoms in total. The third-order valence-corrected chi connectivity index (χ3v) is 2.90. The minimum absolute atomic E-state index is 0.658. The summed E-state index contributed by atoms with van der Waals surface area (Å²) in [4.78, 5) is 0. The van der Waals surface area contributed by atoms with Crippen LogP contribution >= 0.6 is 0 Å². The summed E-state index contributed by atoms with van der Waals surface area (Å²) < 4.78 is 12.4. The second-order valence-electron chi connectivity index (χ2n) is 4.14. The van der Waals surface area contributed by atoms with E-state index in [-0.39, 0.29) is 0 Å². The third kappa shape index (κ3) is 3.23. The van der Waals surface area contributed by atoms with E-state index in [9.17, 15) is 0 Å². The van der Waals surface area contributed by atoms with Gasteiger partial charge in [-0.1, -0.05) is 6.07 Å². The van der Waals surface area contributed by atoms with Crippen molar-refractivity contribution < 1.29 is 9.47 Å². The smallest absolute Gasteiger partial charge is 0.146 e. The number of rotatable bonds is 6. The number of nitrogens with zero attached hydrogens (tertiary/aromatic N) is 3. The molecular weight excluding hydrogens is 244 g/mol. The number of aryl methyl sites for hydroxylation is 1. The van der Waals surface area contributed by atoms with E-state index < -0.39 is 0 Å². The molecule has 2 aromatic rings. The fourth-order valence-electron chi connectivity index (χ4n) is 1.77. The summed E-state index contributed by atoms with van der Waals surface area (Å²) in [7, 11) is 5.21. The molecule has 19 heavy (non-hydrogen) atoms. The van der Waals surface area contributed by atoms with Crippen molar-refractivity contribution in [2.75, 3.05) is 14.2 Å². The highest BCUT2D eigenvalue weighted by Crippen LogP contribution is 2.24. The Morgan fingerprint density at radius 2 is 2.05 bits per heavy atom. The van der Waals surface area contributed by atoms with Crippen molar-refractivity contribution in [3.05, 3.63) is 35.9 Å². The molecule has 6 heteroatoms. The van der Waals surface area contributed by atoms with Crippen molar-refractivity contribution in [3.8, 4) is 11.5 Å². The van der Waals surface area contributed by atoms with Crippen LogP contribution in [0.15, 0.2) is 24.5 Å². The van der Waals surface area contributed by atoms with Crippen LogP contribution in [-0.2, 0) is 20.1 Å². The van der Waals surface area contributed by atoms with Crippen molar-refractivity contribution in [2.24, 2.45) is 7.05 Å². The third-order valence-electron chi connectivity index (χ3n) is 2.90. The van der Waals surface area contributed by atoms with E-state index in [1.807, 2.05) is 29.8 Å². The normalized spacial score (nSPS) is 10.5. The van der Waals surface area contributed by atoms with Gasteiger partial charge in [0.25, 0.3) is 0 Å². The second-order valence-corrected chi connectivity index (χ2v) is 4.14. The molecule has 1 aromatic carbocycles. The molecule has 2 rings (SSSR count). The lowest BCUT2D eigenvalue weighted by Crippen LogP contribution is -2.16. The van der Waals surface area contributed by atoms with E-state index in [1.54, 1.807) is 20.5 Å². The fourth-order valence-corrected chi connectivity index (χ4v) is 1.77. The van der Waals surface area contributed by atoms with Gasteiger partial charge in [-0.3, -0.25) is 0 Å². The molecule has 102 valence electrons. The Morgan fingerprint density at radius 3 is 2.68 bits per heavy atom. The highest BCUT2D eigenvalue weighted by Gasteiger charge is 2.05. The molecule has 0 amide bonds. The summed E-state index contributed by atoms with van der Waals surface area (Å²) in [6.45, 7) is 1.35. The monoisotopic (exact) mass is 262 g/mol. The lowest BCUT2D eigenvalue weighted by atomic mass is 10.2. The van der Waals surface area contributed by atoms with Gasteiger partial charge in [-0.15, -0.1) is 10.2 Å². The predicted molar refractivity (Wildman–Crippen MR) is 71.1 cm³/mol. The number of benzene rings is 1. The molecule has 0 unspecified atom stereocenters. The highest BCUT2D eigenvalue weighted by molar-refractivity contribution is 5.40. The van der Waals surface area contributed by atoms with Gasteiger partial charge in [-0.25, -0.2) is 0 Å². The number of hydrogen-bond donors (Lipinski definition) is 1. The molecule has 0 spiro atoms. The molecule has 0 saturated carbocycles. The Hall–Kier alpha value is -2.08. The molecule has 1 aromatic heterocycles. The molecule has 1 heterocycles. The molecular formula is C13H18N4O2. The van der Waals surface area contributed by atoms with E-state index in [0.717, 1.165) is 22.9 Å². The van der Waals surface area contributed by atoms with E-state index in [2.05, 4.69) is 15.5 Å². The topological polar surface area (TPSA) is 61.2 Å². The van der Waals surface area contributed by atoms with Crippen LogP contribution < -0.4 is 14.8 Å². The summed E-state index contributed by atoms with van der Waals surface area (Å²) in [6.07, 6.45) is 1.69. The summed E-state index contributed by atoms with van der Waals surface area (Å²) in [6, 6.07) is 5.78. The predicted octanol–water partition coefficient (Wildman–Crippen LogP) is 1.12. The minimum Gasteiger partial charge on any atom is -0.497 e. The van der Waals surface area contributed by atoms with E-state index >= 15 is 0 Å². The summed E-state index contributed by atoms with van der Waals surface area (Å²) in [5.41, 5.74) is 1.07. The maximum Gasteiger partial charge on any atom is 0.146 e. The van der Waals surface area contributed by atoms with Crippen LogP contribution in [0.25, 0.3) is 0 Å². The van der Waals surface area contributed by atoms with Gasteiger partial charge in [-0.05, 0) is 6.07 Å². The maximum absolute atomic E-state index is 5.35. The van der Waals surface area contributed by atoms with Crippen LogP contribution in [0, 0.1) is 0 Å². The van der Waals surface area contributed by atoms with Crippen LogP contribution in [-0.4, -0.2) is 29.0 Å². The standard InChI is InChI=1S/C13H18N4O2/c1-17-9-15-16-13(17)8-14-7-10-4-5-11(18-2)6-12(10)19-3/h4-6,9,14H,7-8H2,1-3H3. The molecule has 0 atom stereocenters. The van der Waals surface area contributed by atoms with Gasteiger partial charge in [0.2, 0.25) is 0 Å². The van der Waals surface area contributed by atoms with E-state index in [1.165, 1.54) is 0 Å². The average Bonchev–Trinajstić information content (AvgIpc) is 2.84. The van der Waals surface area contributed by atoms with Gasteiger partial charge in [0.15, 0.2) is 0 Å². The summed E-state index contributed by atoms with van der Waals surface area (Å²) in [5, 5.41) is 11.2. The van der Waals surface area contributed by atoms with Crippen LogP contribution in [0.5, 0.6) is 11.5 Å². The molecule has 1 N–H and O–H groups in total. The maximum atomic E-state index is 5.35. The SMILES string of the molecule is COc1ccc(CNCc2nncn2C)c(OC)c1. The number of aromatic nitrogens is 3. The van der Waals surface area contributed by atoms with E-state index in [4.69, 9.17) is 9.47 Å². The quantitative estimate of drug-likeness (QED) is 0.845. The zero-order valence-electron chi connectivity index (χ0n) is 11.4. The Labute approximate surface area is 112 Å². The Balaban J connectivity index is 1.97. The molecule has 0 radical (unpaired) electrons. The van der Waals surface area contributed by atoms with Crippen molar-refractivity contribution in [1.82, 2.24) is 20.1 Å². The van der Waals surface area contributed by atoms with Crippen molar-refractivity contribution in [2.45, 2.75) is 13.1 Å². The molecule has 0 fully saturated rings. The minimum atomic E-state index is 0.658. The van der Waals surface area contributed by atoms with E-state index in [0.29, 0.717) is 13.1 Å². The zero-order valence-corrected chi connectivity index (χ0v) is 11.4. The van der Waals surface area contributed by atoms with Gasteiger partial charge in [0.05, 0.1) is 20.8 Å². The first kappa shape index (κ1) is 13.4. The largest absolute Gasteiger partial charge is 0.497 e. The van der Waals surface area contributed by atoms with Gasteiger partial charge >= 0.3 is 0 Å². The Morgan fingerprint density at radius 1 is 1.21 bits per heavy atom. The van der Waals surface area contributed by atoms with Gasteiger partial charge in [-0.2, -0.15) is 0 Å². The first-order valence-electron chi connectivity index (χ1n) is 5.99. The molecule has 0 aliphatic rings. The number of ether oxygens (including phenoxy) is 2. The van der Waals surface area contributed by atoms with Crippen molar-refractivity contribution in [1.29, 1.82) is 0 Å². The van der Waals surface area contributed by atoms with Gasteiger partial charge < -0.3 is 19.4 Å². The zero-order chi connectivity index (χ0) is 13.7. The average molecular weight is 262 g/mol. The first-order valence-corrected chi connectivity index (χ1v) is 5.99. The van der Waals surface area contributed by atoms with Gasteiger partial charge in [0, 0.05) is 25.2 Å². The molecule has 0 bridgehead atoms. The van der Waals surface area contributed by atoms with Crippen LogP contribution in [0.4, 0.5) is 0 Å².